The first-order chi connectivity index (χ1) is 12.6. The number of anilines is 1. The Morgan fingerprint density at radius 3 is 2.44 bits per heavy atom. The number of aromatic hydroxyl groups is 1. The molecule has 0 aliphatic heterocycles. The summed E-state index contributed by atoms with van der Waals surface area (Å²) in [4.78, 5) is 25.7. The van der Waals surface area contributed by atoms with Crippen LogP contribution in [0.4, 0.5) is 5.69 Å². The molecule has 0 saturated heterocycles. The number of benzene rings is 2. The highest BCUT2D eigenvalue weighted by Crippen LogP contribution is 2.29. The monoisotopic (exact) mass is 367 g/mol. The maximum absolute atomic E-state index is 12.3. The molecule has 0 spiro atoms. The highest BCUT2D eigenvalue weighted by Gasteiger charge is 2.24. The number of carbonyl (C=O) groups is 2. The topological polar surface area (TPSA) is 66.8 Å². The predicted molar refractivity (Wildman–Crippen MR) is 106 cm³/mol. The van der Waals surface area contributed by atoms with Crippen LogP contribution < -0.4 is 9.64 Å². The van der Waals surface area contributed by atoms with Crippen molar-refractivity contribution in [3.63, 3.8) is 0 Å². The maximum Gasteiger partial charge on any atom is 0.316 e. The lowest BCUT2D eigenvalue weighted by molar-refractivity contribution is -0.143. The van der Waals surface area contributed by atoms with Crippen LogP contribution in [0.2, 0.25) is 0 Å². The smallest absolute Gasteiger partial charge is 0.316 e. The van der Waals surface area contributed by atoms with Gasteiger partial charge in [-0.1, -0.05) is 24.8 Å². The van der Waals surface area contributed by atoms with Gasteiger partial charge in [-0.3, -0.25) is 9.59 Å². The van der Waals surface area contributed by atoms with Crippen LogP contribution in [-0.2, 0) is 16.0 Å². The van der Waals surface area contributed by atoms with E-state index in [1.165, 1.54) is 11.0 Å². The zero-order valence-corrected chi connectivity index (χ0v) is 16.2. The van der Waals surface area contributed by atoms with E-state index in [0.29, 0.717) is 17.9 Å². The fourth-order valence-electron chi connectivity index (χ4n) is 2.40. The first-order valence-corrected chi connectivity index (χ1v) is 8.65. The Bertz CT molecular complexity index is 865. The predicted octanol–water partition coefficient (Wildman–Crippen LogP) is 4.08. The number of nitrogens with zero attached hydrogens (tertiary/aromatic N) is 1. The lowest BCUT2D eigenvalue weighted by Gasteiger charge is -2.20. The van der Waals surface area contributed by atoms with Crippen LogP contribution in [0, 0.1) is 5.41 Å². The number of carbonyl (C=O) groups excluding carboxylic acids is 2. The summed E-state index contributed by atoms with van der Waals surface area (Å²) < 4.78 is 5.53. The molecule has 0 atom stereocenters. The number of esters is 1. The number of likely N-dealkylation sites (N-methyl/N-ethyl adjacent to an activating group) is 1. The number of phenols is 1. The molecule has 2 aromatic rings. The number of amides is 1. The van der Waals surface area contributed by atoms with E-state index in [9.17, 15) is 14.7 Å². The molecule has 0 fully saturated rings. The molecule has 5 heteroatoms. The van der Waals surface area contributed by atoms with Gasteiger partial charge in [0.25, 0.3) is 0 Å². The van der Waals surface area contributed by atoms with Gasteiger partial charge in [-0.15, -0.1) is 0 Å². The molecule has 142 valence electrons. The van der Waals surface area contributed by atoms with Gasteiger partial charge in [-0.05, 0) is 56.2 Å². The third-order valence-corrected chi connectivity index (χ3v) is 4.05. The van der Waals surface area contributed by atoms with E-state index in [4.69, 9.17) is 4.74 Å². The second kappa shape index (κ2) is 8.08. The van der Waals surface area contributed by atoms with Crippen LogP contribution >= 0.6 is 0 Å². The van der Waals surface area contributed by atoms with Gasteiger partial charge in [0, 0.05) is 25.2 Å². The Hall–Kier alpha value is -3.08. The fraction of sp³-hybridized carbons (Fsp3) is 0.273. The Morgan fingerprint density at radius 2 is 1.85 bits per heavy atom. The van der Waals surface area contributed by atoms with E-state index in [2.05, 4.69) is 6.58 Å². The Morgan fingerprint density at radius 1 is 1.19 bits per heavy atom. The summed E-state index contributed by atoms with van der Waals surface area (Å²) in [6.07, 6.45) is 1.65. The van der Waals surface area contributed by atoms with Gasteiger partial charge >= 0.3 is 5.97 Å². The van der Waals surface area contributed by atoms with E-state index in [0.717, 1.165) is 11.1 Å². The van der Waals surface area contributed by atoms with Gasteiger partial charge < -0.3 is 14.7 Å². The summed E-state index contributed by atoms with van der Waals surface area (Å²) in [6.45, 7) is 8.82. The van der Waals surface area contributed by atoms with E-state index < -0.39 is 5.41 Å². The van der Waals surface area contributed by atoms with Crippen LogP contribution in [-0.4, -0.2) is 24.0 Å². The highest BCUT2D eigenvalue weighted by atomic mass is 16.5. The van der Waals surface area contributed by atoms with Crippen molar-refractivity contribution in [1.29, 1.82) is 0 Å². The molecule has 0 aliphatic rings. The number of hydrogen-bond acceptors (Lipinski definition) is 4. The number of para-hydroxylation sites is 1. The highest BCUT2D eigenvalue weighted by molar-refractivity contribution is 6.00. The maximum atomic E-state index is 12.3. The Kier molecular flexibility index (Phi) is 6.05. The van der Waals surface area contributed by atoms with Gasteiger partial charge in [0.05, 0.1) is 5.41 Å². The SMILES string of the molecule is C=CC(=O)N(C)c1cc(Cc2ccccc2O)cc(OC(=O)C(C)(C)C)c1. The van der Waals surface area contributed by atoms with Crippen molar-refractivity contribution in [1.82, 2.24) is 0 Å². The molecule has 1 amide bonds. The van der Waals surface area contributed by atoms with E-state index in [1.807, 2.05) is 18.2 Å². The van der Waals surface area contributed by atoms with E-state index >= 15 is 0 Å². The second-order valence-corrected chi connectivity index (χ2v) is 7.38. The molecule has 5 nitrogen and oxygen atoms in total. The summed E-state index contributed by atoms with van der Waals surface area (Å²) in [6, 6.07) is 12.2. The first-order valence-electron chi connectivity index (χ1n) is 8.65. The van der Waals surface area contributed by atoms with Gasteiger partial charge in [0.15, 0.2) is 0 Å². The van der Waals surface area contributed by atoms with Crippen molar-refractivity contribution in [3.8, 4) is 11.5 Å². The summed E-state index contributed by atoms with van der Waals surface area (Å²) in [7, 11) is 1.62. The van der Waals surface area contributed by atoms with Gasteiger partial charge in [-0.2, -0.15) is 0 Å². The molecule has 0 aliphatic carbocycles. The molecule has 2 aromatic carbocycles. The zero-order valence-electron chi connectivity index (χ0n) is 16.2. The van der Waals surface area contributed by atoms with Crippen LogP contribution in [0.1, 0.15) is 31.9 Å². The zero-order chi connectivity index (χ0) is 20.2. The van der Waals surface area contributed by atoms with Crippen LogP contribution in [0.15, 0.2) is 55.1 Å². The summed E-state index contributed by atoms with van der Waals surface area (Å²) in [5, 5.41) is 10.0. The Labute approximate surface area is 159 Å². The minimum atomic E-state index is -0.656. The van der Waals surface area contributed by atoms with Gasteiger partial charge in [0.1, 0.15) is 11.5 Å². The number of phenolic OH excluding ortho intramolecular Hbond substituents is 1. The number of hydrogen-bond donors (Lipinski definition) is 1. The van der Waals surface area contributed by atoms with Crippen molar-refractivity contribution in [3.05, 3.63) is 66.2 Å². The van der Waals surface area contributed by atoms with Crippen molar-refractivity contribution in [2.45, 2.75) is 27.2 Å². The lowest BCUT2D eigenvalue weighted by Crippen LogP contribution is -2.26. The molecule has 0 saturated carbocycles. The lowest BCUT2D eigenvalue weighted by atomic mass is 9.97. The molecule has 0 bridgehead atoms. The largest absolute Gasteiger partial charge is 0.508 e. The molecule has 0 heterocycles. The van der Waals surface area contributed by atoms with E-state index in [-0.39, 0.29) is 17.6 Å². The molecule has 0 aromatic heterocycles. The molecule has 0 unspecified atom stereocenters. The second-order valence-electron chi connectivity index (χ2n) is 7.38. The number of rotatable bonds is 5. The molecule has 1 N–H and O–H groups in total. The van der Waals surface area contributed by atoms with Gasteiger partial charge in [0.2, 0.25) is 5.91 Å². The average Bonchev–Trinajstić information content (AvgIpc) is 2.61. The minimum absolute atomic E-state index is 0.187. The standard InChI is InChI=1S/C22H25NO4/c1-6-20(25)23(5)17-12-15(11-16-9-7-8-10-19(16)24)13-18(14-17)27-21(26)22(2,3)4/h6-10,12-14,24H,1,11H2,2-5H3. The van der Waals surface area contributed by atoms with Gasteiger partial charge in [-0.25, -0.2) is 0 Å². The average molecular weight is 367 g/mol. The molecular weight excluding hydrogens is 342 g/mol. The van der Waals surface area contributed by atoms with Crippen molar-refractivity contribution in [2.24, 2.45) is 5.41 Å². The number of ether oxygens (including phenoxy) is 1. The van der Waals surface area contributed by atoms with Crippen LogP contribution in [0.5, 0.6) is 11.5 Å². The van der Waals surface area contributed by atoms with Crippen LogP contribution in [0.3, 0.4) is 0 Å². The summed E-state index contributed by atoms with van der Waals surface area (Å²) >= 11 is 0. The minimum Gasteiger partial charge on any atom is -0.508 e. The molecular formula is C22H25NO4. The third kappa shape index (κ3) is 5.20. The van der Waals surface area contributed by atoms with Crippen molar-refractivity contribution in [2.75, 3.05) is 11.9 Å². The molecule has 27 heavy (non-hydrogen) atoms. The quantitative estimate of drug-likeness (QED) is 0.491. The summed E-state index contributed by atoms with van der Waals surface area (Å²) in [5.41, 5.74) is 1.45. The first kappa shape index (κ1) is 20.2. The fourth-order valence-corrected chi connectivity index (χ4v) is 2.40. The van der Waals surface area contributed by atoms with Crippen molar-refractivity contribution < 1.29 is 19.4 Å². The van der Waals surface area contributed by atoms with E-state index in [1.54, 1.807) is 52.1 Å². The Balaban J connectivity index is 2.44. The third-order valence-electron chi connectivity index (χ3n) is 4.05. The normalized spacial score (nSPS) is 11.0. The van der Waals surface area contributed by atoms with Crippen molar-refractivity contribution >= 4 is 17.6 Å². The van der Waals surface area contributed by atoms with Crippen LogP contribution in [0.25, 0.3) is 0 Å². The molecule has 2 rings (SSSR count). The molecule has 0 radical (unpaired) electrons. The summed E-state index contributed by atoms with van der Waals surface area (Å²) in [5.74, 6) is -0.109.